The van der Waals surface area contributed by atoms with Crippen molar-refractivity contribution in [1.29, 1.82) is 0 Å². The molecule has 7 aromatic rings. The minimum atomic E-state index is -3.73. The van der Waals surface area contributed by atoms with Crippen LogP contribution in [0.2, 0.25) is 10.0 Å². The minimum Gasteiger partial charge on any atom is -0.142 e. The first-order valence-corrected chi connectivity index (χ1v) is 22.2. The van der Waals surface area contributed by atoms with Crippen LogP contribution in [0.1, 0.15) is 0 Å². The molecule has 0 aliphatic rings. The third-order valence-electron chi connectivity index (χ3n) is 7.10. The molecule has 36 heavy (non-hydrogen) atoms. The van der Waals surface area contributed by atoms with E-state index in [0.29, 0.717) is 36.0 Å². The second-order valence-corrected chi connectivity index (χ2v) is 27.1. The fourth-order valence-electron chi connectivity index (χ4n) is 5.88. The van der Waals surface area contributed by atoms with Crippen LogP contribution in [-0.2, 0) is 0 Å². The second kappa shape index (κ2) is 7.96. The first kappa shape index (κ1) is 25.3. The zero-order valence-electron chi connectivity index (χ0n) is 17.4. The third kappa shape index (κ3) is 3.08. The van der Waals surface area contributed by atoms with Crippen LogP contribution in [0.5, 0.6) is 0 Å². The Morgan fingerprint density at radius 2 is 0.889 bits per heavy atom. The average Bonchev–Trinajstić information content (AvgIpc) is 2.81. The number of benzene rings is 7. The molecule has 0 nitrogen and oxygen atoms in total. The zero-order valence-corrected chi connectivity index (χ0v) is 27.2. The van der Waals surface area contributed by atoms with E-state index < -0.39 is 12.0 Å². The topological polar surface area (TPSA) is 0 Å². The Balaban J connectivity index is 2.06. The lowest BCUT2D eigenvalue weighted by atomic mass is 9.82. The molecular weight excluding hydrogens is 692 g/mol. The van der Waals surface area contributed by atoms with Gasteiger partial charge in [0.1, 0.15) is 0 Å². The zero-order chi connectivity index (χ0) is 25.6. The van der Waals surface area contributed by atoms with Crippen molar-refractivity contribution in [1.82, 2.24) is 0 Å². The highest BCUT2D eigenvalue weighted by Crippen LogP contribution is 2.54. The lowest BCUT2D eigenvalue weighted by Gasteiger charge is -2.30. The fraction of sp³-hybridized carbons (Fsp3) is 0. The lowest BCUT2D eigenvalue weighted by molar-refractivity contribution is 1.39. The molecule has 0 heterocycles. The molecule has 0 saturated heterocycles. The number of halogens is 8. The van der Waals surface area contributed by atoms with Gasteiger partial charge in [-0.3, -0.25) is 0 Å². The molecule has 0 saturated carbocycles. The van der Waals surface area contributed by atoms with E-state index in [9.17, 15) is 0 Å². The summed E-state index contributed by atoms with van der Waals surface area (Å²) >= 11 is 64.4. The fourth-order valence-corrected chi connectivity index (χ4v) is 15.1. The van der Waals surface area contributed by atoms with Crippen molar-refractivity contribution in [3.8, 4) is 0 Å². The molecule has 0 amide bonds. The maximum absolute atomic E-state index is 7.01. The van der Waals surface area contributed by atoms with Gasteiger partial charge in [-0.1, -0.05) is 59.6 Å². The summed E-state index contributed by atoms with van der Waals surface area (Å²) in [5.41, 5.74) is 0. The van der Waals surface area contributed by atoms with Crippen LogP contribution in [0.15, 0.2) is 46.2 Å². The quantitative estimate of drug-likeness (QED) is 0.0580. The molecule has 0 fully saturated rings. The maximum Gasteiger partial charge on any atom is 0.373 e. The standard InChI is InChI=1S/C24H8Cl8S2Si2/c25-19-9-5-3-7-1-2-8-4-6-10-14-12(8)11(7)13(9)15-16(14)18(22(34)21(10)33)24(36(30,31)32)23(35(27,28)29)17(15)20(19)26/h1-6,33-34H. The van der Waals surface area contributed by atoms with E-state index in [2.05, 4.69) is 18.2 Å². The summed E-state index contributed by atoms with van der Waals surface area (Å²) in [6, 6.07) is 4.92. The van der Waals surface area contributed by atoms with Gasteiger partial charge in [0.05, 0.1) is 10.0 Å². The Labute approximate surface area is 255 Å². The van der Waals surface area contributed by atoms with Crippen molar-refractivity contribution >= 4 is 202 Å². The number of hydrogen-bond donors (Lipinski definition) is 2. The van der Waals surface area contributed by atoms with Gasteiger partial charge in [-0.15, -0.1) is 91.7 Å². The summed E-state index contributed by atoms with van der Waals surface area (Å²) in [7, 11) is 0. The van der Waals surface area contributed by atoms with E-state index in [-0.39, 0.29) is 5.02 Å². The molecular formula is C24H8Cl8S2Si2. The molecule has 180 valence electrons. The molecule has 0 radical (unpaired) electrons. The van der Waals surface area contributed by atoms with Crippen molar-refractivity contribution in [3.05, 3.63) is 46.4 Å². The van der Waals surface area contributed by atoms with Gasteiger partial charge in [-0.25, -0.2) is 0 Å². The Kier molecular flexibility index (Phi) is 5.60. The van der Waals surface area contributed by atoms with Crippen LogP contribution >= 0.6 is 115 Å². The van der Waals surface area contributed by atoms with Crippen LogP contribution < -0.4 is 10.4 Å². The van der Waals surface area contributed by atoms with Gasteiger partial charge in [0.15, 0.2) is 0 Å². The Morgan fingerprint density at radius 3 is 1.44 bits per heavy atom. The third-order valence-corrected chi connectivity index (χ3v) is 14.8. The average molecular weight is 700 g/mol. The van der Waals surface area contributed by atoms with Crippen molar-refractivity contribution in [3.63, 3.8) is 0 Å². The summed E-state index contributed by atoms with van der Waals surface area (Å²) in [5, 5.41) is 12.2. The monoisotopic (exact) mass is 696 g/mol. The van der Waals surface area contributed by atoms with E-state index >= 15 is 0 Å². The second-order valence-electron chi connectivity index (χ2n) is 8.81. The molecule has 7 aromatic carbocycles. The van der Waals surface area contributed by atoms with Gasteiger partial charge in [0.2, 0.25) is 0 Å². The SMILES string of the molecule is Sc1c(S)c2c([Si](Cl)(Cl)Cl)c([Si](Cl)(Cl)Cl)c3c(Cl)c(Cl)c4ccc5ccc6ccc1c1c6c5c4c3c21. The van der Waals surface area contributed by atoms with Gasteiger partial charge in [0, 0.05) is 36.7 Å². The van der Waals surface area contributed by atoms with Crippen molar-refractivity contribution in [2.45, 2.75) is 9.79 Å². The number of rotatable bonds is 2. The Bertz CT molecular complexity index is 1920. The molecule has 0 bridgehead atoms. The van der Waals surface area contributed by atoms with E-state index in [1.54, 1.807) is 0 Å². The van der Waals surface area contributed by atoms with Crippen molar-refractivity contribution in [2.24, 2.45) is 0 Å². The predicted octanol–water partition coefficient (Wildman–Crippen LogP) is 10.5. The van der Waals surface area contributed by atoms with E-state index in [4.69, 9.17) is 115 Å². The minimum absolute atomic E-state index is 0.272. The summed E-state index contributed by atoms with van der Waals surface area (Å²) in [5.74, 6) is 0. The molecule has 0 spiro atoms. The number of thiol groups is 2. The number of hydrogen-bond acceptors (Lipinski definition) is 2. The van der Waals surface area contributed by atoms with Crippen LogP contribution in [-0.4, -0.2) is 12.0 Å². The summed E-state index contributed by atoms with van der Waals surface area (Å²) in [6.07, 6.45) is 0. The van der Waals surface area contributed by atoms with E-state index in [1.165, 1.54) is 0 Å². The normalized spacial score (nSPS) is 13.8. The van der Waals surface area contributed by atoms with Gasteiger partial charge < -0.3 is 0 Å². The highest BCUT2D eigenvalue weighted by atomic mass is 35.8. The van der Waals surface area contributed by atoms with Crippen LogP contribution in [0.3, 0.4) is 0 Å². The first-order valence-electron chi connectivity index (χ1n) is 10.4. The largest absolute Gasteiger partial charge is 0.373 e. The highest BCUT2D eigenvalue weighted by molar-refractivity contribution is 7.84. The summed E-state index contributed by atoms with van der Waals surface area (Å²) in [4.78, 5) is 1.22. The van der Waals surface area contributed by atoms with Crippen molar-refractivity contribution < 1.29 is 0 Å². The lowest BCUT2D eigenvalue weighted by Crippen LogP contribution is -2.51. The van der Waals surface area contributed by atoms with Crippen LogP contribution in [0, 0.1) is 0 Å². The van der Waals surface area contributed by atoms with E-state index in [1.807, 2.05) is 18.2 Å². The Hall–Kier alpha value is 0.334. The van der Waals surface area contributed by atoms with Gasteiger partial charge in [-0.05, 0) is 48.1 Å². The molecule has 0 unspecified atom stereocenters. The van der Waals surface area contributed by atoms with Crippen LogP contribution in [0.25, 0.3) is 64.6 Å². The predicted molar refractivity (Wildman–Crippen MR) is 175 cm³/mol. The molecule has 0 atom stereocenters. The van der Waals surface area contributed by atoms with Crippen LogP contribution in [0.4, 0.5) is 0 Å². The summed E-state index contributed by atoms with van der Waals surface area (Å²) in [6.45, 7) is 0. The van der Waals surface area contributed by atoms with Crippen molar-refractivity contribution in [2.75, 3.05) is 0 Å². The maximum atomic E-state index is 7.01. The van der Waals surface area contributed by atoms with Gasteiger partial charge in [-0.2, -0.15) is 0 Å². The molecule has 12 heteroatoms. The first-order chi connectivity index (χ1) is 16.8. The van der Waals surface area contributed by atoms with Gasteiger partial charge >= 0.3 is 12.0 Å². The highest BCUT2D eigenvalue weighted by Gasteiger charge is 2.45. The summed E-state index contributed by atoms with van der Waals surface area (Å²) < 4.78 is 0. The van der Waals surface area contributed by atoms with E-state index in [0.717, 1.165) is 53.9 Å². The molecule has 0 aromatic heterocycles. The molecule has 0 aliphatic heterocycles. The molecule has 0 aliphatic carbocycles. The van der Waals surface area contributed by atoms with Gasteiger partial charge in [0.25, 0.3) is 0 Å². The smallest absolute Gasteiger partial charge is 0.142 e. The molecule has 7 rings (SSSR count). The molecule has 0 N–H and O–H groups in total. The Morgan fingerprint density at radius 1 is 0.444 bits per heavy atom.